The van der Waals surface area contributed by atoms with Crippen LogP contribution in [0.5, 0.6) is 0 Å². The standard InChI is InChI=1S/C8H18N2/c1-7(9)6-10(2)8-4-3-5-8/h7-8H,3-6,9H2,1-2H3/t7-/m0/s1. The topological polar surface area (TPSA) is 29.3 Å². The quantitative estimate of drug-likeness (QED) is 0.632. The summed E-state index contributed by atoms with van der Waals surface area (Å²) < 4.78 is 0. The highest BCUT2D eigenvalue weighted by Gasteiger charge is 2.21. The monoisotopic (exact) mass is 142 g/mol. The number of nitrogens with two attached hydrogens (primary N) is 1. The fourth-order valence-electron chi connectivity index (χ4n) is 1.43. The Kier molecular flexibility index (Phi) is 2.69. The van der Waals surface area contributed by atoms with Gasteiger partial charge in [-0.3, -0.25) is 0 Å². The average molecular weight is 142 g/mol. The zero-order valence-corrected chi connectivity index (χ0v) is 7.01. The molecule has 1 saturated carbocycles. The molecule has 1 atom stereocenters. The van der Waals surface area contributed by atoms with E-state index in [0.717, 1.165) is 12.6 Å². The lowest BCUT2D eigenvalue weighted by Crippen LogP contribution is -2.42. The van der Waals surface area contributed by atoms with Crippen LogP contribution in [-0.2, 0) is 0 Å². The van der Waals surface area contributed by atoms with Gasteiger partial charge in [-0.1, -0.05) is 6.42 Å². The average Bonchev–Trinajstić information content (AvgIpc) is 1.55. The third-order valence-corrected chi connectivity index (χ3v) is 2.27. The second-order valence-corrected chi connectivity index (χ2v) is 3.50. The minimum absolute atomic E-state index is 0.325. The summed E-state index contributed by atoms with van der Waals surface area (Å²) in [4.78, 5) is 2.38. The van der Waals surface area contributed by atoms with Gasteiger partial charge in [0.2, 0.25) is 0 Å². The van der Waals surface area contributed by atoms with Gasteiger partial charge in [0.25, 0.3) is 0 Å². The van der Waals surface area contributed by atoms with Crippen molar-refractivity contribution in [3.8, 4) is 0 Å². The van der Waals surface area contributed by atoms with Gasteiger partial charge in [0.15, 0.2) is 0 Å². The van der Waals surface area contributed by atoms with E-state index in [1.165, 1.54) is 19.3 Å². The van der Waals surface area contributed by atoms with Crippen LogP contribution in [0.1, 0.15) is 26.2 Å². The second kappa shape index (κ2) is 3.35. The van der Waals surface area contributed by atoms with Crippen LogP contribution in [0.15, 0.2) is 0 Å². The first-order valence-electron chi connectivity index (χ1n) is 4.16. The van der Waals surface area contributed by atoms with E-state index < -0.39 is 0 Å². The summed E-state index contributed by atoms with van der Waals surface area (Å²) in [5, 5.41) is 0. The molecule has 0 aromatic carbocycles. The summed E-state index contributed by atoms with van der Waals surface area (Å²) in [7, 11) is 2.17. The van der Waals surface area contributed by atoms with Gasteiger partial charge in [-0.05, 0) is 26.8 Å². The predicted octanol–water partition coefficient (Wildman–Crippen LogP) is 0.818. The Hall–Kier alpha value is -0.0800. The Morgan fingerprint density at radius 2 is 2.20 bits per heavy atom. The molecule has 1 aliphatic carbocycles. The molecule has 0 aromatic rings. The Labute approximate surface area is 63.4 Å². The van der Waals surface area contributed by atoms with Crippen molar-refractivity contribution < 1.29 is 0 Å². The summed E-state index contributed by atoms with van der Waals surface area (Å²) in [6.45, 7) is 3.11. The molecule has 2 N–H and O–H groups in total. The number of hydrogen-bond acceptors (Lipinski definition) is 2. The third kappa shape index (κ3) is 1.96. The van der Waals surface area contributed by atoms with Crippen LogP contribution in [0.4, 0.5) is 0 Å². The first-order valence-corrected chi connectivity index (χ1v) is 4.16. The van der Waals surface area contributed by atoms with Crippen molar-refractivity contribution in [3.63, 3.8) is 0 Å². The van der Waals surface area contributed by atoms with E-state index in [2.05, 4.69) is 18.9 Å². The molecular weight excluding hydrogens is 124 g/mol. The van der Waals surface area contributed by atoms with Crippen molar-refractivity contribution >= 4 is 0 Å². The molecule has 2 nitrogen and oxygen atoms in total. The van der Waals surface area contributed by atoms with Gasteiger partial charge in [0.05, 0.1) is 0 Å². The summed E-state index contributed by atoms with van der Waals surface area (Å²) >= 11 is 0. The van der Waals surface area contributed by atoms with Gasteiger partial charge in [-0.25, -0.2) is 0 Å². The number of hydrogen-bond donors (Lipinski definition) is 1. The van der Waals surface area contributed by atoms with E-state index in [-0.39, 0.29) is 0 Å². The lowest BCUT2D eigenvalue weighted by Gasteiger charge is -2.35. The summed E-state index contributed by atoms with van der Waals surface area (Å²) in [6, 6.07) is 1.16. The summed E-state index contributed by atoms with van der Waals surface area (Å²) in [5.41, 5.74) is 5.67. The summed E-state index contributed by atoms with van der Waals surface area (Å²) in [5.74, 6) is 0. The molecular formula is C8H18N2. The minimum Gasteiger partial charge on any atom is -0.327 e. The maximum atomic E-state index is 5.67. The molecule has 1 fully saturated rings. The van der Waals surface area contributed by atoms with Crippen molar-refractivity contribution in [2.75, 3.05) is 13.6 Å². The van der Waals surface area contributed by atoms with Gasteiger partial charge in [0, 0.05) is 18.6 Å². The smallest absolute Gasteiger partial charge is 0.0139 e. The third-order valence-electron chi connectivity index (χ3n) is 2.27. The van der Waals surface area contributed by atoms with Crippen LogP contribution < -0.4 is 5.73 Å². The fourth-order valence-corrected chi connectivity index (χ4v) is 1.43. The molecule has 0 spiro atoms. The van der Waals surface area contributed by atoms with Crippen LogP contribution in [0.25, 0.3) is 0 Å². The molecule has 0 radical (unpaired) electrons. The molecule has 0 aromatic heterocycles. The van der Waals surface area contributed by atoms with Crippen LogP contribution in [0.3, 0.4) is 0 Å². The van der Waals surface area contributed by atoms with Gasteiger partial charge in [-0.2, -0.15) is 0 Å². The second-order valence-electron chi connectivity index (χ2n) is 3.50. The Bertz CT molecular complexity index is 97.4. The van der Waals surface area contributed by atoms with Gasteiger partial charge in [0.1, 0.15) is 0 Å². The van der Waals surface area contributed by atoms with Gasteiger partial charge < -0.3 is 10.6 Å². The van der Waals surface area contributed by atoms with Gasteiger partial charge >= 0.3 is 0 Å². The zero-order valence-electron chi connectivity index (χ0n) is 7.01. The summed E-state index contributed by atoms with van der Waals surface area (Å²) in [6.07, 6.45) is 4.17. The Morgan fingerprint density at radius 1 is 1.60 bits per heavy atom. The van der Waals surface area contributed by atoms with Gasteiger partial charge in [-0.15, -0.1) is 0 Å². The molecule has 0 amide bonds. The zero-order chi connectivity index (χ0) is 7.56. The van der Waals surface area contributed by atoms with Crippen molar-refractivity contribution in [2.45, 2.75) is 38.3 Å². The maximum Gasteiger partial charge on any atom is 0.0139 e. The molecule has 0 bridgehead atoms. The van der Waals surface area contributed by atoms with E-state index in [4.69, 9.17) is 5.73 Å². The van der Waals surface area contributed by atoms with E-state index in [0.29, 0.717) is 6.04 Å². The highest BCUT2D eigenvalue weighted by molar-refractivity contribution is 4.78. The first-order chi connectivity index (χ1) is 4.70. The molecule has 0 unspecified atom stereocenters. The molecule has 60 valence electrons. The van der Waals surface area contributed by atoms with E-state index in [1.807, 2.05) is 0 Å². The maximum absolute atomic E-state index is 5.67. The van der Waals surface area contributed by atoms with E-state index in [1.54, 1.807) is 0 Å². The molecule has 1 rings (SSSR count). The highest BCUT2D eigenvalue weighted by atomic mass is 15.1. The largest absolute Gasteiger partial charge is 0.327 e. The van der Waals surface area contributed by atoms with E-state index >= 15 is 0 Å². The fraction of sp³-hybridized carbons (Fsp3) is 1.00. The van der Waals surface area contributed by atoms with Crippen LogP contribution in [-0.4, -0.2) is 30.6 Å². The normalized spacial score (nSPS) is 22.8. The predicted molar refractivity (Wildman–Crippen MR) is 43.9 cm³/mol. The lowest BCUT2D eigenvalue weighted by atomic mass is 9.92. The van der Waals surface area contributed by atoms with Crippen molar-refractivity contribution in [1.82, 2.24) is 4.90 Å². The molecule has 0 saturated heterocycles. The van der Waals surface area contributed by atoms with Crippen molar-refractivity contribution in [1.29, 1.82) is 0 Å². The van der Waals surface area contributed by atoms with Crippen LogP contribution >= 0.6 is 0 Å². The minimum atomic E-state index is 0.325. The van der Waals surface area contributed by atoms with Crippen LogP contribution in [0.2, 0.25) is 0 Å². The van der Waals surface area contributed by atoms with Crippen LogP contribution in [0, 0.1) is 0 Å². The van der Waals surface area contributed by atoms with Crippen molar-refractivity contribution in [2.24, 2.45) is 5.73 Å². The highest BCUT2D eigenvalue weighted by Crippen LogP contribution is 2.23. The van der Waals surface area contributed by atoms with E-state index in [9.17, 15) is 0 Å². The molecule has 2 heteroatoms. The Morgan fingerprint density at radius 3 is 2.50 bits per heavy atom. The molecule has 10 heavy (non-hydrogen) atoms. The first kappa shape index (κ1) is 8.02. The molecule has 0 heterocycles. The van der Waals surface area contributed by atoms with Crippen molar-refractivity contribution in [3.05, 3.63) is 0 Å². The Balaban J connectivity index is 2.13. The lowest BCUT2D eigenvalue weighted by molar-refractivity contribution is 0.154. The SMILES string of the molecule is C[C@H](N)CN(C)C1CCC1. The number of likely N-dealkylation sites (N-methyl/N-ethyl adjacent to an activating group) is 1. The molecule has 1 aliphatic rings. The number of rotatable bonds is 3. The molecule has 0 aliphatic heterocycles. The number of nitrogens with zero attached hydrogens (tertiary/aromatic N) is 1.